The van der Waals surface area contributed by atoms with Crippen LogP contribution in [0.2, 0.25) is 0 Å². The number of nitrogens with zero attached hydrogens (tertiary/aromatic N) is 2. The lowest BCUT2D eigenvalue weighted by atomic mass is 10.00. The van der Waals surface area contributed by atoms with Crippen LogP contribution in [0.25, 0.3) is 88.1 Å². The molecule has 5 nitrogen and oxygen atoms in total. The summed E-state index contributed by atoms with van der Waals surface area (Å²) < 4.78 is 11.2. The second kappa shape index (κ2) is 9.52. The van der Waals surface area contributed by atoms with Crippen molar-refractivity contribution in [3.8, 4) is 22.5 Å². The van der Waals surface area contributed by atoms with Crippen LogP contribution in [0.3, 0.4) is 0 Å². The van der Waals surface area contributed by atoms with Gasteiger partial charge >= 0.3 is 0 Å². The molecule has 0 aliphatic carbocycles. The maximum absolute atomic E-state index is 6.57. The number of hydrogen-bond acceptors (Lipinski definition) is 3. The first-order chi connectivity index (χ1) is 23.1. The van der Waals surface area contributed by atoms with Crippen molar-refractivity contribution >= 4 is 76.9 Å². The molecule has 0 aliphatic rings. The lowest BCUT2D eigenvalue weighted by Crippen LogP contribution is -1.99. The van der Waals surface area contributed by atoms with Gasteiger partial charge in [-0.15, -0.1) is 0 Å². The Bertz CT molecular complexity index is 2870. The number of benzene rings is 7. The van der Waals surface area contributed by atoms with Gasteiger partial charge in [-0.3, -0.25) is 0 Å². The van der Waals surface area contributed by atoms with Crippen molar-refractivity contribution in [3.05, 3.63) is 146 Å². The van der Waals surface area contributed by atoms with Crippen LogP contribution in [0.5, 0.6) is 0 Å². The molecule has 47 heavy (non-hydrogen) atoms. The van der Waals surface area contributed by atoms with Crippen LogP contribution in [-0.2, 0) is 0 Å². The Morgan fingerprint density at radius 3 is 2.04 bits per heavy atom. The van der Waals surface area contributed by atoms with Gasteiger partial charge in [-0.05, 0) is 78.4 Å². The van der Waals surface area contributed by atoms with E-state index in [9.17, 15) is 0 Å². The average Bonchev–Trinajstić information content (AvgIpc) is 3.75. The standard InChI is InChI=1S/C42H28N4O/c43-26-16-20-36-34(23-26)30-10-4-6-12-35(30)46(36)39-24-27(44)15-18-29(39)25-14-17-33-38(22-25)45(28-8-2-1-3-9-28)37-21-19-32-31-11-5-7-13-40(31)47-42(32)41(33)37/h1-24H,43-44H2. The van der Waals surface area contributed by atoms with E-state index >= 15 is 0 Å². The van der Waals surface area contributed by atoms with Gasteiger partial charge < -0.3 is 25.0 Å². The van der Waals surface area contributed by atoms with E-state index in [2.05, 4.69) is 130 Å². The van der Waals surface area contributed by atoms with E-state index in [0.717, 1.165) is 93.7 Å². The molecule has 4 N–H and O–H groups in total. The lowest BCUT2D eigenvalue weighted by Gasteiger charge is -2.16. The summed E-state index contributed by atoms with van der Waals surface area (Å²) in [6.45, 7) is 0. The van der Waals surface area contributed by atoms with E-state index in [0.29, 0.717) is 5.69 Å². The lowest BCUT2D eigenvalue weighted by molar-refractivity contribution is 0.673. The third-order valence-electron chi connectivity index (χ3n) is 9.56. The molecule has 0 fully saturated rings. The molecule has 0 radical (unpaired) electrons. The molecule has 0 saturated carbocycles. The zero-order valence-corrected chi connectivity index (χ0v) is 25.3. The first-order valence-corrected chi connectivity index (χ1v) is 15.8. The number of para-hydroxylation sites is 3. The molecule has 0 spiro atoms. The molecule has 0 amide bonds. The second-order valence-corrected chi connectivity index (χ2v) is 12.2. The largest absolute Gasteiger partial charge is 0.455 e. The molecule has 7 aromatic carbocycles. The molecular formula is C42H28N4O. The summed E-state index contributed by atoms with van der Waals surface area (Å²) in [5.74, 6) is 0. The summed E-state index contributed by atoms with van der Waals surface area (Å²) in [7, 11) is 0. The Balaban J connectivity index is 1.30. The van der Waals surface area contributed by atoms with Crippen molar-refractivity contribution in [3.63, 3.8) is 0 Å². The van der Waals surface area contributed by atoms with Gasteiger partial charge in [0.05, 0.1) is 33.1 Å². The molecule has 0 saturated heterocycles. The highest BCUT2D eigenvalue weighted by Crippen LogP contribution is 2.43. The highest BCUT2D eigenvalue weighted by molar-refractivity contribution is 6.24. The molecule has 3 aromatic heterocycles. The van der Waals surface area contributed by atoms with E-state index in [1.54, 1.807) is 0 Å². The predicted molar refractivity (Wildman–Crippen MR) is 197 cm³/mol. The number of anilines is 2. The predicted octanol–water partition coefficient (Wildman–Crippen LogP) is 10.6. The van der Waals surface area contributed by atoms with Crippen LogP contribution in [0.15, 0.2) is 150 Å². The van der Waals surface area contributed by atoms with Crippen molar-refractivity contribution < 1.29 is 4.42 Å². The number of rotatable bonds is 3. The van der Waals surface area contributed by atoms with E-state index in [1.807, 2.05) is 24.3 Å². The normalized spacial score (nSPS) is 12.0. The third kappa shape index (κ3) is 3.65. The fourth-order valence-electron chi connectivity index (χ4n) is 7.53. The minimum absolute atomic E-state index is 0.705. The topological polar surface area (TPSA) is 75.0 Å². The molecule has 3 heterocycles. The number of fused-ring (bicyclic) bond motifs is 10. The van der Waals surface area contributed by atoms with Crippen molar-refractivity contribution in [2.45, 2.75) is 0 Å². The molecule has 10 rings (SSSR count). The Morgan fingerprint density at radius 2 is 1.15 bits per heavy atom. The number of hydrogen-bond donors (Lipinski definition) is 2. The van der Waals surface area contributed by atoms with E-state index in [4.69, 9.17) is 15.9 Å². The van der Waals surface area contributed by atoms with Crippen molar-refractivity contribution in [2.24, 2.45) is 0 Å². The molecule has 0 aliphatic heterocycles. The zero-order valence-electron chi connectivity index (χ0n) is 25.3. The van der Waals surface area contributed by atoms with Gasteiger partial charge in [0, 0.05) is 49.6 Å². The Morgan fingerprint density at radius 1 is 0.447 bits per heavy atom. The minimum Gasteiger partial charge on any atom is -0.455 e. The molecular weight excluding hydrogens is 576 g/mol. The van der Waals surface area contributed by atoms with Gasteiger partial charge in [0.25, 0.3) is 0 Å². The molecule has 5 heteroatoms. The smallest absolute Gasteiger partial charge is 0.145 e. The van der Waals surface area contributed by atoms with Crippen LogP contribution in [0, 0.1) is 0 Å². The first-order valence-electron chi connectivity index (χ1n) is 15.8. The Labute approximate surface area is 269 Å². The Kier molecular flexibility index (Phi) is 5.23. The zero-order chi connectivity index (χ0) is 31.2. The van der Waals surface area contributed by atoms with Crippen LogP contribution < -0.4 is 11.5 Å². The summed E-state index contributed by atoms with van der Waals surface area (Å²) in [6.07, 6.45) is 0. The first kappa shape index (κ1) is 25.8. The summed E-state index contributed by atoms with van der Waals surface area (Å²) in [6, 6.07) is 50.8. The maximum atomic E-state index is 6.57. The van der Waals surface area contributed by atoms with Crippen LogP contribution in [0.4, 0.5) is 11.4 Å². The van der Waals surface area contributed by atoms with Crippen LogP contribution in [-0.4, -0.2) is 9.13 Å². The van der Waals surface area contributed by atoms with E-state index in [1.165, 1.54) is 0 Å². The highest BCUT2D eigenvalue weighted by atomic mass is 16.3. The number of aromatic nitrogens is 2. The van der Waals surface area contributed by atoms with Gasteiger partial charge in [-0.25, -0.2) is 0 Å². The van der Waals surface area contributed by atoms with Crippen LogP contribution in [0.1, 0.15) is 0 Å². The fourth-order valence-corrected chi connectivity index (χ4v) is 7.53. The van der Waals surface area contributed by atoms with Gasteiger partial charge in [0.15, 0.2) is 0 Å². The SMILES string of the molecule is Nc1ccc(-c2ccc3c4c5oc6ccccc6c5ccc4n(-c4ccccc4)c3c2)c(-n2c3ccccc3c3cc(N)ccc32)c1. The number of furan rings is 1. The van der Waals surface area contributed by atoms with Gasteiger partial charge in [-0.1, -0.05) is 72.8 Å². The number of nitrogens with two attached hydrogens (primary N) is 2. The minimum atomic E-state index is 0.705. The van der Waals surface area contributed by atoms with Crippen molar-refractivity contribution in [1.82, 2.24) is 9.13 Å². The van der Waals surface area contributed by atoms with Gasteiger partial charge in [0.2, 0.25) is 0 Å². The summed E-state index contributed by atoms with van der Waals surface area (Å²) in [4.78, 5) is 0. The summed E-state index contributed by atoms with van der Waals surface area (Å²) >= 11 is 0. The fraction of sp³-hybridized carbons (Fsp3) is 0. The molecule has 0 unspecified atom stereocenters. The number of nitrogen functional groups attached to an aromatic ring is 2. The quantitative estimate of drug-likeness (QED) is 0.197. The van der Waals surface area contributed by atoms with Gasteiger partial charge in [-0.2, -0.15) is 0 Å². The Hall–Kier alpha value is -6.46. The average molecular weight is 605 g/mol. The second-order valence-electron chi connectivity index (χ2n) is 12.2. The van der Waals surface area contributed by atoms with Crippen molar-refractivity contribution in [1.29, 1.82) is 0 Å². The maximum Gasteiger partial charge on any atom is 0.145 e. The molecule has 10 aromatic rings. The molecule has 0 atom stereocenters. The third-order valence-corrected chi connectivity index (χ3v) is 9.56. The highest BCUT2D eigenvalue weighted by Gasteiger charge is 2.21. The van der Waals surface area contributed by atoms with Crippen LogP contribution >= 0.6 is 0 Å². The van der Waals surface area contributed by atoms with E-state index in [-0.39, 0.29) is 0 Å². The summed E-state index contributed by atoms with van der Waals surface area (Å²) in [5, 5.41) is 6.77. The van der Waals surface area contributed by atoms with Gasteiger partial charge in [0.1, 0.15) is 11.2 Å². The molecule has 222 valence electrons. The molecule has 0 bridgehead atoms. The van der Waals surface area contributed by atoms with E-state index < -0.39 is 0 Å². The summed E-state index contributed by atoms with van der Waals surface area (Å²) in [5.41, 5.74) is 24.7. The monoisotopic (exact) mass is 604 g/mol. The van der Waals surface area contributed by atoms with Crippen molar-refractivity contribution in [2.75, 3.05) is 11.5 Å².